The first kappa shape index (κ1) is 19.1. The molecule has 3 unspecified atom stereocenters. The van der Waals surface area contributed by atoms with Crippen LogP contribution in [-0.2, 0) is 0 Å². The highest BCUT2D eigenvalue weighted by atomic mass is 16.3. The van der Waals surface area contributed by atoms with Gasteiger partial charge in [0.1, 0.15) is 17.6 Å². The monoisotopic (exact) mass is 384 g/mol. The highest BCUT2D eigenvalue weighted by molar-refractivity contribution is 5.93. The minimum Gasteiger partial charge on any atom is -0.393 e. The fourth-order valence-corrected chi connectivity index (χ4v) is 4.48. The first-order valence-corrected chi connectivity index (χ1v) is 9.89. The van der Waals surface area contributed by atoms with Gasteiger partial charge in [-0.25, -0.2) is 0 Å². The van der Waals surface area contributed by atoms with Crippen LogP contribution in [0.5, 0.6) is 0 Å². The van der Waals surface area contributed by atoms with Gasteiger partial charge in [0.05, 0.1) is 12.1 Å². The number of aryl methyl sites for hydroxylation is 1. The molecule has 6 atom stereocenters. The second kappa shape index (κ2) is 7.31. The second-order valence-corrected chi connectivity index (χ2v) is 8.13. The minimum atomic E-state index is -0.937. The van der Waals surface area contributed by atoms with Gasteiger partial charge >= 0.3 is 0 Å². The van der Waals surface area contributed by atoms with E-state index in [1.807, 2.05) is 32.0 Å². The molecule has 1 aromatic carbocycles. The van der Waals surface area contributed by atoms with Gasteiger partial charge in [0.2, 0.25) is 0 Å². The molecule has 7 heteroatoms. The molecule has 150 valence electrons. The summed E-state index contributed by atoms with van der Waals surface area (Å²) in [6.07, 6.45) is 0.358. The van der Waals surface area contributed by atoms with Gasteiger partial charge in [0, 0.05) is 6.04 Å². The van der Waals surface area contributed by atoms with Crippen molar-refractivity contribution in [3.8, 4) is 0 Å². The van der Waals surface area contributed by atoms with Crippen molar-refractivity contribution >= 4 is 5.91 Å². The van der Waals surface area contributed by atoms with E-state index in [1.165, 1.54) is 0 Å². The number of benzene rings is 1. The first-order chi connectivity index (χ1) is 13.4. The van der Waals surface area contributed by atoms with Crippen molar-refractivity contribution in [1.82, 2.24) is 20.4 Å². The summed E-state index contributed by atoms with van der Waals surface area (Å²) in [6, 6.07) is 9.74. The Hall–Kier alpha value is -2.22. The molecule has 1 aromatic heterocycles. The molecule has 0 saturated heterocycles. The van der Waals surface area contributed by atoms with E-state index in [9.17, 15) is 15.0 Å². The van der Waals surface area contributed by atoms with Crippen LogP contribution in [0.2, 0.25) is 0 Å². The van der Waals surface area contributed by atoms with E-state index in [0.29, 0.717) is 23.2 Å². The predicted molar refractivity (Wildman–Crippen MR) is 105 cm³/mol. The van der Waals surface area contributed by atoms with Crippen molar-refractivity contribution in [1.29, 1.82) is 0 Å². The Morgan fingerprint density at radius 1 is 1.29 bits per heavy atom. The van der Waals surface area contributed by atoms with E-state index < -0.39 is 6.23 Å². The largest absolute Gasteiger partial charge is 0.393 e. The van der Waals surface area contributed by atoms with Gasteiger partial charge in [-0.3, -0.25) is 14.8 Å². The van der Waals surface area contributed by atoms with Crippen molar-refractivity contribution in [2.45, 2.75) is 51.1 Å². The molecule has 28 heavy (non-hydrogen) atoms. The molecule has 1 heterocycles. The molecule has 0 bridgehead atoms. The molecule has 0 aliphatic heterocycles. The van der Waals surface area contributed by atoms with E-state index in [2.05, 4.69) is 21.8 Å². The number of nitrogens with one attached hydrogen (secondary N) is 2. The van der Waals surface area contributed by atoms with E-state index in [1.54, 1.807) is 17.8 Å². The first-order valence-electron chi connectivity index (χ1n) is 9.89. The Bertz CT molecular complexity index is 868. The summed E-state index contributed by atoms with van der Waals surface area (Å²) in [5, 5.41) is 30.2. The van der Waals surface area contributed by atoms with Crippen molar-refractivity contribution in [3.63, 3.8) is 0 Å². The molecule has 0 radical (unpaired) electrons. The predicted octanol–water partition coefficient (Wildman–Crippen LogP) is 1.51. The van der Waals surface area contributed by atoms with Gasteiger partial charge in [0.15, 0.2) is 0 Å². The zero-order chi connectivity index (χ0) is 20.0. The second-order valence-electron chi connectivity index (χ2n) is 8.13. The number of rotatable bonds is 6. The van der Waals surface area contributed by atoms with Crippen LogP contribution in [0, 0.1) is 18.8 Å². The summed E-state index contributed by atoms with van der Waals surface area (Å²) in [6.45, 7) is 4.03. The Labute approximate surface area is 164 Å². The summed E-state index contributed by atoms with van der Waals surface area (Å²) >= 11 is 0. The van der Waals surface area contributed by atoms with Gasteiger partial charge in [0.25, 0.3) is 5.91 Å². The number of carbonyl (C=O) groups is 1. The lowest BCUT2D eigenvalue weighted by molar-refractivity contribution is 0.0925. The number of hydrogen-bond acceptors (Lipinski definition) is 5. The van der Waals surface area contributed by atoms with E-state index >= 15 is 0 Å². The molecule has 2 saturated carbocycles. The number of carbonyl (C=O) groups excluding carboxylic acids is 1. The van der Waals surface area contributed by atoms with Crippen molar-refractivity contribution in [2.24, 2.45) is 11.8 Å². The van der Waals surface area contributed by atoms with Crippen LogP contribution in [0.1, 0.15) is 59.3 Å². The van der Waals surface area contributed by atoms with Gasteiger partial charge < -0.3 is 15.5 Å². The standard InChI is InChI=1S/C21H28N4O3/c1-11-5-4-6-13(7-11)12(2)25-18(10-17(24-25)20(27)22-3)21(28)23-19-15-8-14(26)9-16(15)19/h4-7,10,12,14-16,19-20,22,26-27H,8-9H2,1-3H3,(H,23,28)/t12-,14?,15-,16+,19?,20?/m0/s1. The number of nitrogens with zero attached hydrogens (tertiary/aromatic N) is 2. The van der Waals surface area contributed by atoms with Crippen LogP contribution in [0.4, 0.5) is 0 Å². The van der Waals surface area contributed by atoms with E-state index in [-0.39, 0.29) is 24.1 Å². The highest BCUT2D eigenvalue weighted by Gasteiger charge is 2.56. The Morgan fingerprint density at radius 2 is 2.00 bits per heavy atom. The molecule has 2 aliphatic carbocycles. The summed E-state index contributed by atoms with van der Waals surface area (Å²) in [5.41, 5.74) is 3.04. The number of aromatic nitrogens is 2. The van der Waals surface area contributed by atoms with Crippen LogP contribution in [-0.4, -0.2) is 45.1 Å². The molecule has 4 N–H and O–H groups in total. The number of aliphatic hydroxyl groups excluding tert-OH is 2. The number of aliphatic hydroxyl groups is 2. The van der Waals surface area contributed by atoms with Gasteiger partial charge in [-0.05, 0) is 57.2 Å². The number of fused-ring (bicyclic) bond motifs is 1. The number of hydrogen-bond donors (Lipinski definition) is 4. The smallest absolute Gasteiger partial charge is 0.269 e. The molecule has 7 nitrogen and oxygen atoms in total. The SMILES string of the molecule is CNC(O)c1cc(C(=O)NC2[C@H]3CC(O)C[C@@H]23)n([C@@H](C)c2cccc(C)c2)n1. The maximum absolute atomic E-state index is 13.0. The lowest BCUT2D eigenvalue weighted by Gasteiger charge is -2.17. The van der Waals surface area contributed by atoms with E-state index in [4.69, 9.17) is 0 Å². The fourth-order valence-electron chi connectivity index (χ4n) is 4.48. The number of amides is 1. The average Bonchev–Trinajstić information content (AvgIpc) is 3.06. The lowest BCUT2D eigenvalue weighted by atomic mass is 10.1. The summed E-state index contributed by atoms with van der Waals surface area (Å²) in [5.74, 6) is 0.578. The molecule has 2 fully saturated rings. The third kappa shape index (κ3) is 3.45. The van der Waals surface area contributed by atoms with Crippen LogP contribution < -0.4 is 10.6 Å². The lowest BCUT2D eigenvalue weighted by Crippen LogP contribution is -2.32. The van der Waals surface area contributed by atoms with Gasteiger partial charge in [-0.2, -0.15) is 5.10 Å². The summed E-state index contributed by atoms with van der Waals surface area (Å²) in [4.78, 5) is 13.0. The highest BCUT2D eigenvalue weighted by Crippen LogP contribution is 2.52. The molecule has 2 aliphatic rings. The Kier molecular flexibility index (Phi) is 4.99. The molecule has 0 spiro atoms. The van der Waals surface area contributed by atoms with Crippen molar-refractivity contribution in [2.75, 3.05) is 7.05 Å². The van der Waals surface area contributed by atoms with Crippen molar-refractivity contribution in [3.05, 3.63) is 52.8 Å². The fraction of sp³-hybridized carbons (Fsp3) is 0.524. The van der Waals surface area contributed by atoms with Gasteiger partial charge in [-0.15, -0.1) is 0 Å². The maximum atomic E-state index is 13.0. The topological polar surface area (TPSA) is 99.4 Å². The molecular formula is C21H28N4O3. The third-order valence-corrected chi connectivity index (χ3v) is 6.15. The third-order valence-electron chi connectivity index (χ3n) is 6.15. The van der Waals surface area contributed by atoms with Crippen LogP contribution >= 0.6 is 0 Å². The summed E-state index contributed by atoms with van der Waals surface area (Å²) < 4.78 is 1.69. The molecular weight excluding hydrogens is 356 g/mol. The normalized spacial score (nSPS) is 27.9. The van der Waals surface area contributed by atoms with Crippen molar-refractivity contribution < 1.29 is 15.0 Å². The zero-order valence-electron chi connectivity index (χ0n) is 16.5. The van der Waals surface area contributed by atoms with Crippen LogP contribution in [0.25, 0.3) is 0 Å². The quantitative estimate of drug-likeness (QED) is 0.566. The van der Waals surface area contributed by atoms with E-state index in [0.717, 1.165) is 24.0 Å². The van der Waals surface area contributed by atoms with Crippen LogP contribution in [0.15, 0.2) is 30.3 Å². The molecule has 1 amide bonds. The zero-order valence-corrected chi connectivity index (χ0v) is 16.5. The summed E-state index contributed by atoms with van der Waals surface area (Å²) in [7, 11) is 1.64. The Balaban J connectivity index is 1.60. The maximum Gasteiger partial charge on any atom is 0.269 e. The minimum absolute atomic E-state index is 0.131. The molecule has 2 aromatic rings. The van der Waals surface area contributed by atoms with Gasteiger partial charge in [-0.1, -0.05) is 29.8 Å². The van der Waals surface area contributed by atoms with Crippen LogP contribution in [0.3, 0.4) is 0 Å². The Morgan fingerprint density at radius 3 is 2.64 bits per heavy atom. The average molecular weight is 384 g/mol. The molecule has 4 rings (SSSR count).